The van der Waals surface area contributed by atoms with E-state index in [-0.39, 0.29) is 17.1 Å². The topological polar surface area (TPSA) is 91.0 Å². The quantitative estimate of drug-likeness (QED) is 0.806. The lowest BCUT2D eigenvalue weighted by Crippen LogP contribution is -2.32. The van der Waals surface area contributed by atoms with Gasteiger partial charge in [-0.05, 0) is 24.3 Å². The van der Waals surface area contributed by atoms with Crippen molar-refractivity contribution in [2.75, 3.05) is 40.4 Å². The van der Waals surface area contributed by atoms with E-state index in [9.17, 15) is 17.6 Å². The first-order chi connectivity index (χ1) is 12.6. The summed E-state index contributed by atoms with van der Waals surface area (Å²) in [4.78, 5) is 12.3. The SMILES string of the molecule is COc1ccc(Cl)cc1NC(=O)Nc1cc2c(cc1F)N(C)S(=O)(=O)N2C. The number of carbonyl (C=O) groups is 1. The van der Waals surface area contributed by atoms with Crippen LogP contribution >= 0.6 is 11.6 Å². The second-order valence-electron chi connectivity index (χ2n) is 5.69. The van der Waals surface area contributed by atoms with Crippen molar-refractivity contribution in [3.63, 3.8) is 0 Å². The monoisotopic (exact) mass is 414 g/mol. The van der Waals surface area contributed by atoms with E-state index in [4.69, 9.17) is 16.3 Å². The van der Waals surface area contributed by atoms with Crippen molar-refractivity contribution in [2.24, 2.45) is 0 Å². The Morgan fingerprint density at radius 1 is 1.07 bits per heavy atom. The van der Waals surface area contributed by atoms with Crippen molar-refractivity contribution in [3.8, 4) is 5.75 Å². The molecule has 2 aromatic carbocycles. The van der Waals surface area contributed by atoms with Gasteiger partial charge in [-0.15, -0.1) is 0 Å². The van der Waals surface area contributed by atoms with Crippen LogP contribution in [0.3, 0.4) is 0 Å². The van der Waals surface area contributed by atoms with Gasteiger partial charge >= 0.3 is 16.2 Å². The molecule has 11 heteroatoms. The third-order valence-electron chi connectivity index (χ3n) is 4.09. The van der Waals surface area contributed by atoms with Crippen molar-refractivity contribution in [3.05, 3.63) is 41.2 Å². The average Bonchev–Trinajstić information content (AvgIpc) is 2.76. The Labute approximate surface area is 160 Å². The van der Waals surface area contributed by atoms with Crippen LogP contribution in [0.2, 0.25) is 5.02 Å². The molecule has 2 amide bonds. The highest BCUT2D eigenvalue weighted by atomic mass is 35.5. The zero-order chi connectivity index (χ0) is 19.9. The molecule has 0 saturated heterocycles. The Kier molecular flexibility index (Phi) is 4.79. The zero-order valence-electron chi connectivity index (χ0n) is 14.6. The molecular weight excluding hydrogens is 399 g/mol. The van der Waals surface area contributed by atoms with Gasteiger partial charge in [-0.25, -0.2) is 9.18 Å². The first kappa shape index (κ1) is 19.1. The first-order valence-corrected chi connectivity index (χ1v) is 9.40. The summed E-state index contributed by atoms with van der Waals surface area (Å²) in [5.74, 6) is -0.407. The fraction of sp³-hybridized carbons (Fsp3) is 0.188. The maximum Gasteiger partial charge on any atom is 0.326 e. The van der Waals surface area contributed by atoms with Crippen molar-refractivity contribution in [1.29, 1.82) is 0 Å². The minimum atomic E-state index is -3.75. The number of urea groups is 1. The number of nitrogens with one attached hydrogen (secondary N) is 2. The number of hydrogen-bond donors (Lipinski definition) is 2. The van der Waals surface area contributed by atoms with Crippen LogP contribution in [0.15, 0.2) is 30.3 Å². The summed E-state index contributed by atoms with van der Waals surface area (Å²) in [7, 11) is 0.348. The van der Waals surface area contributed by atoms with Crippen LogP contribution in [0.4, 0.5) is 31.9 Å². The molecule has 0 fully saturated rings. The van der Waals surface area contributed by atoms with E-state index < -0.39 is 22.1 Å². The van der Waals surface area contributed by atoms with E-state index in [1.54, 1.807) is 12.1 Å². The highest BCUT2D eigenvalue weighted by Crippen LogP contribution is 2.41. The summed E-state index contributed by atoms with van der Waals surface area (Å²) in [6.07, 6.45) is 0. The molecule has 144 valence electrons. The molecule has 2 N–H and O–H groups in total. The van der Waals surface area contributed by atoms with Gasteiger partial charge in [0.2, 0.25) is 0 Å². The van der Waals surface area contributed by atoms with Gasteiger partial charge < -0.3 is 15.4 Å². The number of rotatable bonds is 3. The summed E-state index contributed by atoms with van der Waals surface area (Å²) >= 11 is 5.91. The van der Waals surface area contributed by atoms with E-state index in [0.717, 1.165) is 14.7 Å². The van der Waals surface area contributed by atoms with Crippen molar-refractivity contribution >= 4 is 50.6 Å². The lowest BCUT2D eigenvalue weighted by molar-refractivity contribution is 0.262. The average molecular weight is 415 g/mol. The molecular formula is C16H16ClFN4O4S. The van der Waals surface area contributed by atoms with Gasteiger partial charge in [0.1, 0.15) is 11.6 Å². The van der Waals surface area contributed by atoms with Gasteiger partial charge in [-0.3, -0.25) is 8.61 Å². The molecule has 8 nitrogen and oxygen atoms in total. The summed E-state index contributed by atoms with van der Waals surface area (Å²) < 4.78 is 45.8. The molecule has 0 radical (unpaired) electrons. The molecule has 0 unspecified atom stereocenters. The van der Waals surface area contributed by atoms with E-state index in [2.05, 4.69) is 10.6 Å². The molecule has 0 aromatic heterocycles. The Bertz CT molecular complexity index is 1030. The minimum absolute atomic E-state index is 0.176. The Balaban J connectivity index is 1.87. The van der Waals surface area contributed by atoms with Gasteiger partial charge in [-0.2, -0.15) is 8.42 Å². The van der Waals surface area contributed by atoms with Crippen LogP contribution in [0.25, 0.3) is 0 Å². The molecule has 0 atom stereocenters. The lowest BCUT2D eigenvalue weighted by Gasteiger charge is -2.13. The largest absolute Gasteiger partial charge is 0.495 e. The molecule has 0 aliphatic carbocycles. The molecule has 1 aliphatic rings. The standard InChI is InChI=1S/C16H16ClFN4O4S/c1-21-13-7-10(18)11(8-14(13)22(2)27(21,24)25)19-16(23)20-12-6-9(17)4-5-15(12)26-3/h4-8H,1-3H3,(H2,19,20,23). The molecule has 0 spiro atoms. The number of benzene rings is 2. The van der Waals surface area contributed by atoms with Gasteiger partial charge in [0.25, 0.3) is 0 Å². The smallest absolute Gasteiger partial charge is 0.326 e. The number of anilines is 4. The second-order valence-corrected chi connectivity index (χ2v) is 8.11. The number of fused-ring (bicyclic) bond motifs is 1. The predicted octanol–water partition coefficient (Wildman–Crippen LogP) is 3.26. The van der Waals surface area contributed by atoms with E-state index in [0.29, 0.717) is 16.5 Å². The van der Waals surface area contributed by atoms with Crippen molar-refractivity contribution in [2.45, 2.75) is 0 Å². The number of ether oxygens (including phenoxy) is 1. The zero-order valence-corrected chi connectivity index (χ0v) is 16.2. The molecule has 27 heavy (non-hydrogen) atoms. The van der Waals surface area contributed by atoms with Crippen LogP contribution in [0, 0.1) is 5.82 Å². The van der Waals surface area contributed by atoms with Crippen LogP contribution in [0.5, 0.6) is 5.75 Å². The minimum Gasteiger partial charge on any atom is -0.495 e. The summed E-state index contributed by atoms with van der Waals surface area (Å²) in [5.41, 5.74) is 0.542. The van der Waals surface area contributed by atoms with Gasteiger partial charge in [0.15, 0.2) is 0 Å². The summed E-state index contributed by atoms with van der Waals surface area (Å²) in [6.45, 7) is 0. The number of hydrogen-bond acceptors (Lipinski definition) is 4. The van der Waals surface area contributed by atoms with Crippen LogP contribution < -0.4 is 24.0 Å². The molecule has 1 aliphatic heterocycles. The van der Waals surface area contributed by atoms with Gasteiger partial charge in [-0.1, -0.05) is 11.6 Å². The van der Waals surface area contributed by atoms with E-state index in [1.807, 2.05) is 0 Å². The van der Waals surface area contributed by atoms with E-state index in [1.165, 1.54) is 33.3 Å². The maximum absolute atomic E-state index is 14.4. The van der Waals surface area contributed by atoms with Crippen molar-refractivity contribution in [1.82, 2.24) is 0 Å². The predicted molar refractivity (Wildman–Crippen MR) is 103 cm³/mol. The van der Waals surface area contributed by atoms with Crippen molar-refractivity contribution < 1.29 is 22.3 Å². The third kappa shape index (κ3) is 3.33. The second kappa shape index (κ2) is 6.78. The fourth-order valence-electron chi connectivity index (χ4n) is 2.64. The normalized spacial score (nSPS) is 14.7. The number of amides is 2. The van der Waals surface area contributed by atoms with Gasteiger partial charge in [0.05, 0.1) is 29.9 Å². The lowest BCUT2D eigenvalue weighted by atomic mass is 10.2. The number of carbonyl (C=O) groups excluding carboxylic acids is 1. The van der Waals surface area contributed by atoms with Gasteiger partial charge in [0, 0.05) is 25.2 Å². The summed E-state index contributed by atoms with van der Waals surface area (Å²) in [6, 6.07) is 6.20. The molecule has 0 bridgehead atoms. The number of methoxy groups -OCH3 is 1. The number of nitrogens with zero attached hydrogens (tertiary/aromatic N) is 2. The highest BCUT2D eigenvalue weighted by Gasteiger charge is 2.36. The third-order valence-corrected chi connectivity index (χ3v) is 6.11. The van der Waals surface area contributed by atoms with Crippen LogP contribution in [-0.2, 0) is 10.2 Å². The fourth-order valence-corrected chi connectivity index (χ4v) is 3.97. The number of halogens is 2. The Morgan fingerprint density at radius 2 is 1.67 bits per heavy atom. The molecule has 0 saturated carbocycles. The van der Waals surface area contributed by atoms with Crippen LogP contribution in [0.1, 0.15) is 0 Å². The van der Waals surface area contributed by atoms with Crippen LogP contribution in [-0.4, -0.2) is 35.7 Å². The molecule has 3 rings (SSSR count). The maximum atomic E-state index is 14.4. The molecule has 1 heterocycles. The van der Waals surface area contributed by atoms with E-state index >= 15 is 0 Å². The highest BCUT2D eigenvalue weighted by molar-refractivity contribution is 7.94. The Hall–Kier alpha value is -2.72. The Morgan fingerprint density at radius 3 is 2.30 bits per heavy atom. The summed E-state index contributed by atoms with van der Waals surface area (Å²) in [5, 5.41) is 5.25. The first-order valence-electron chi connectivity index (χ1n) is 7.63. The molecule has 2 aromatic rings.